The summed E-state index contributed by atoms with van der Waals surface area (Å²) in [6, 6.07) is 7.47. The Morgan fingerprint density at radius 3 is 2.56 bits per heavy atom. The summed E-state index contributed by atoms with van der Waals surface area (Å²) in [6.07, 6.45) is 6.47. The number of aromatic nitrogens is 4. The lowest BCUT2D eigenvalue weighted by Crippen LogP contribution is -2.42. The summed E-state index contributed by atoms with van der Waals surface area (Å²) in [6.45, 7) is 6.59. The second kappa shape index (κ2) is 11.8. The Labute approximate surface area is 219 Å². The van der Waals surface area contributed by atoms with Crippen molar-refractivity contribution in [3.8, 4) is 0 Å². The molecule has 0 aliphatic carbocycles. The highest BCUT2D eigenvalue weighted by molar-refractivity contribution is 6.67. The molecule has 0 bridgehead atoms. The van der Waals surface area contributed by atoms with Gasteiger partial charge in [-0.1, -0.05) is 66.3 Å². The monoisotopic (exact) mass is 529 g/mol. The van der Waals surface area contributed by atoms with Crippen LogP contribution in [0.15, 0.2) is 56.0 Å². The van der Waals surface area contributed by atoms with Crippen LogP contribution in [0.3, 0.4) is 0 Å². The van der Waals surface area contributed by atoms with Crippen LogP contribution in [0, 0.1) is 0 Å². The third kappa shape index (κ3) is 5.71. The normalized spacial score (nSPS) is 14.6. The first-order chi connectivity index (χ1) is 17.4. The molecule has 1 atom stereocenters. The maximum absolute atomic E-state index is 13.4. The zero-order valence-corrected chi connectivity index (χ0v) is 21.8. The SMILES string of the molecule is C=CCC1C(Cl)=Nc2c1c(=O)n(CCCc1nc(Cc3ccc(Cl)cc3)no1)c(=O)n2CCCCC. The van der Waals surface area contributed by atoms with Crippen LogP contribution in [0.5, 0.6) is 0 Å². The lowest BCUT2D eigenvalue weighted by atomic mass is 10.00. The number of halogens is 2. The van der Waals surface area contributed by atoms with Gasteiger partial charge in [0.1, 0.15) is 11.0 Å². The fourth-order valence-electron chi connectivity index (χ4n) is 4.37. The van der Waals surface area contributed by atoms with Crippen LogP contribution in [0.25, 0.3) is 0 Å². The summed E-state index contributed by atoms with van der Waals surface area (Å²) >= 11 is 12.3. The van der Waals surface area contributed by atoms with Crippen molar-refractivity contribution < 1.29 is 4.52 Å². The van der Waals surface area contributed by atoms with Crippen molar-refractivity contribution in [1.29, 1.82) is 0 Å². The second-order valence-electron chi connectivity index (χ2n) is 8.86. The smallest absolute Gasteiger partial charge is 0.332 e. The number of unbranched alkanes of at least 4 members (excludes halogenated alkanes) is 2. The number of hydrogen-bond donors (Lipinski definition) is 0. The van der Waals surface area contributed by atoms with E-state index in [1.807, 2.05) is 24.3 Å². The average molecular weight is 530 g/mol. The summed E-state index contributed by atoms with van der Waals surface area (Å²) in [7, 11) is 0. The standard InChI is InChI=1S/C26H29Cl2N5O3/c1-3-5-6-14-32-24-22(19(8-4-2)23(28)30-24)25(34)33(26(32)35)15-7-9-21-29-20(31-36-21)16-17-10-12-18(27)13-11-17/h4,10-13,19H,2-3,5-9,14-16H2,1H3. The molecule has 0 saturated carbocycles. The van der Waals surface area contributed by atoms with Gasteiger partial charge in [0, 0.05) is 36.9 Å². The van der Waals surface area contributed by atoms with Gasteiger partial charge < -0.3 is 4.52 Å². The lowest BCUT2D eigenvalue weighted by molar-refractivity contribution is 0.366. The second-order valence-corrected chi connectivity index (χ2v) is 9.68. The average Bonchev–Trinajstić information content (AvgIpc) is 3.44. The van der Waals surface area contributed by atoms with Gasteiger partial charge in [-0.15, -0.1) is 6.58 Å². The predicted molar refractivity (Wildman–Crippen MR) is 142 cm³/mol. The number of allylic oxidation sites excluding steroid dienone is 1. The van der Waals surface area contributed by atoms with E-state index in [1.54, 1.807) is 10.6 Å². The van der Waals surface area contributed by atoms with Crippen molar-refractivity contribution in [2.45, 2.75) is 70.9 Å². The van der Waals surface area contributed by atoms with E-state index < -0.39 is 0 Å². The van der Waals surface area contributed by atoms with Gasteiger partial charge in [-0.2, -0.15) is 4.98 Å². The molecule has 0 saturated heterocycles. The molecule has 1 unspecified atom stereocenters. The Kier molecular flexibility index (Phi) is 8.59. The molecular formula is C26H29Cl2N5O3. The van der Waals surface area contributed by atoms with Crippen molar-refractivity contribution in [2.24, 2.45) is 4.99 Å². The van der Waals surface area contributed by atoms with Crippen molar-refractivity contribution in [2.75, 3.05) is 0 Å². The molecule has 0 spiro atoms. The van der Waals surface area contributed by atoms with Crippen LogP contribution in [0.2, 0.25) is 5.02 Å². The van der Waals surface area contributed by atoms with E-state index in [-0.39, 0.29) is 23.7 Å². The molecule has 8 nitrogen and oxygen atoms in total. The molecule has 190 valence electrons. The van der Waals surface area contributed by atoms with Crippen LogP contribution in [0.4, 0.5) is 5.82 Å². The van der Waals surface area contributed by atoms with Gasteiger partial charge in [0.2, 0.25) is 5.89 Å². The van der Waals surface area contributed by atoms with E-state index >= 15 is 0 Å². The predicted octanol–water partition coefficient (Wildman–Crippen LogP) is 5.40. The summed E-state index contributed by atoms with van der Waals surface area (Å²) in [5.74, 6) is 1.05. The minimum absolute atomic E-state index is 0.228. The van der Waals surface area contributed by atoms with E-state index in [4.69, 9.17) is 27.7 Å². The molecule has 4 rings (SSSR count). The van der Waals surface area contributed by atoms with Crippen molar-refractivity contribution >= 4 is 34.2 Å². The molecule has 0 radical (unpaired) electrons. The molecule has 0 amide bonds. The molecule has 0 fully saturated rings. The van der Waals surface area contributed by atoms with Crippen LogP contribution >= 0.6 is 23.2 Å². The number of hydrogen-bond acceptors (Lipinski definition) is 6. The Hall–Kier alpha value is -2.97. The first kappa shape index (κ1) is 26.1. The van der Waals surface area contributed by atoms with Gasteiger partial charge in [-0.25, -0.2) is 9.79 Å². The zero-order valence-electron chi connectivity index (χ0n) is 20.3. The number of benzene rings is 1. The first-order valence-electron chi connectivity index (χ1n) is 12.2. The molecule has 36 heavy (non-hydrogen) atoms. The Morgan fingerprint density at radius 2 is 1.83 bits per heavy atom. The molecule has 3 aromatic rings. The topological polar surface area (TPSA) is 95.3 Å². The Bertz CT molecular complexity index is 1370. The van der Waals surface area contributed by atoms with Crippen LogP contribution in [-0.4, -0.2) is 24.4 Å². The van der Waals surface area contributed by atoms with E-state index in [2.05, 4.69) is 28.6 Å². The Balaban J connectivity index is 1.51. The van der Waals surface area contributed by atoms with E-state index in [0.29, 0.717) is 65.5 Å². The van der Waals surface area contributed by atoms with Crippen molar-refractivity contribution in [3.05, 3.63) is 85.6 Å². The fraction of sp³-hybridized carbons (Fsp3) is 0.423. The number of nitrogens with zero attached hydrogens (tertiary/aromatic N) is 5. The lowest BCUT2D eigenvalue weighted by Gasteiger charge is -2.16. The molecule has 10 heteroatoms. The van der Waals surface area contributed by atoms with Gasteiger partial charge in [0.25, 0.3) is 5.56 Å². The maximum Gasteiger partial charge on any atom is 0.332 e. The van der Waals surface area contributed by atoms with Crippen LogP contribution < -0.4 is 11.2 Å². The minimum atomic E-state index is -0.373. The minimum Gasteiger partial charge on any atom is -0.339 e. The van der Waals surface area contributed by atoms with Gasteiger partial charge >= 0.3 is 5.69 Å². The van der Waals surface area contributed by atoms with Crippen molar-refractivity contribution in [1.82, 2.24) is 19.3 Å². The van der Waals surface area contributed by atoms with E-state index in [1.165, 1.54) is 4.57 Å². The molecular weight excluding hydrogens is 501 g/mol. The van der Waals surface area contributed by atoms with Gasteiger partial charge in [-0.3, -0.25) is 13.9 Å². The molecule has 1 aromatic carbocycles. The highest BCUT2D eigenvalue weighted by Crippen LogP contribution is 2.36. The van der Waals surface area contributed by atoms with Gasteiger partial charge in [0.15, 0.2) is 5.82 Å². The molecule has 3 heterocycles. The quantitative estimate of drug-likeness (QED) is 0.231. The van der Waals surface area contributed by atoms with Gasteiger partial charge in [-0.05, 0) is 37.0 Å². The maximum atomic E-state index is 13.4. The largest absolute Gasteiger partial charge is 0.339 e. The van der Waals surface area contributed by atoms with Crippen molar-refractivity contribution in [3.63, 3.8) is 0 Å². The van der Waals surface area contributed by atoms with Crippen LogP contribution in [-0.2, 0) is 25.9 Å². The highest BCUT2D eigenvalue weighted by Gasteiger charge is 2.32. The molecule has 2 aromatic heterocycles. The molecule has 1 aliphatic rings. The molecule has 0 N–H and O–H groups in total. The summed E-state index contributed by atoms with van der Waals surface area (Å²) < 4.78 is 8.26. The zero-order chi connectivity index (χ0) is 25.7. The van der Waals surface area contributed by atoms with Gasteiger partial charge in [0.05, 0.1) is 5.56 Å². The van der Waals surface area contributed by atoms with Crippen LogP contribution in [0.1, 0.15) is 67.8 Å². The summed E-state index contributed by atoms with van der Waals surface area (Å²) in [4.78, 5) is 35.6. The number of rotatable bonds is 12. The molecule has 1 aliphatic heterocycles. The third-order valence-corrected chi connectivity index (χ3v) is 6.83. The number of fused-ring (bicyclic) bond motifs is 1. The third-order valence-electron chi connectivity index (χ3n) is 6.23. The van der Waals surface area contributed by atoms with E-state index in [9.17, 15) is 9.59 Å². The first-order valence-corrected chi connectivity index (χ1v) is 13.0. The summed E-state index contributed by atoms with van der Waals surface area (Å²) in [5, 5.41) is 5.04. The number of aliphatic imine (C=N–C) groups is 1. The summed E-state index contributed by atoms with van der Waals surface area (Å²) in [5.41, 5.74) is 0.785. The Morgan fingerprint density at radius 1 is 1.08 bits per heavy atom. The number of aryl methyl sites for hydroxylation is 1. The highest BCUT2D eigenvalue weighted by atomic mass is 35.5. The van der Waals surface area contributed by atoms with E-state index in [0.717, 1.165) is 24.8 Å². The fourth-order valence-corrected chi connectivity index (χ4v) is 4.77.